The molecule has 0 spiro atoms. The van der Waals surface area contributed by atoms with Gasteiger partial charge >= 0.3 is 6.03 Å². The van der Waals surface area contributed by atoms with Gasteiger partial charge in [-0.05, 0) is 36.6 Å². The Morgan fingerprint density at radius 1 is 1.14 bits per heavy atom. The van der Waals surface area contributed by atoms with E-state index in [1.165, 1.54) is 11.1 Å². The molecule has 0 aromatic heterocycles. The molecular formula is C17H18N2O3. The smallest absolute Gasteiger partial charge is 0.319 e. The number of carbonyl (C=O) groups excluding carboxylic acids is 1. The van der Waals surface area contributed by atoms with Crippen molar-refractivity contribution in [2.75, 3.05) is 18.7 Å². The number of hydrogen-bond donors (Lipinski definition) is 2. The number of aryl methyl sites for hydroxylation is 1. The molecule has 1 aliphatic rings. The molecule has 2 N–H and O–H groups in total. The van der Waals surface area contributed by atoms with Gasteiger partial charge in [-0.25, -0.2) is 4.79 Å². The van der Waals surface area contributed by atoms with E-state index in [1.807, 2.05) is 12.1 Å². The lowest BCUT2D eigenvalue weighted by Crippen LogP contribution is -2.30. The number of fused-ring (bicyclic) bond motifs is 1. The number of hydrogen-bond acceptors (Lipinski definition) is 3. The second-order valence-corrected chi connectivity index (χ2v) is 5.13. The van der Waals surface area contributed by atoms with E-state index in [0.29, 0.717) is 23.7 Å². The maximum atomic E-state index is 11.9. The number of urea groups is 1. The largest absolute Gasteiger partial charge is 0.454 e. The van der Waals surface area contributed by atoms with E-state index in [-0.39, 0.29) is 12.8 Å². The van der Waals surface area contributed by atoms with E-state index in [0.717, 1.165) is 6.42 Å². The van der Waals surface area contributed by atoms with Crippen molar-refractivity contribution in [1.82, 2.24) is 5.32 Å². The van der Waals surface area contributed by atoms with Crippen LogP contribution in [0.2, 0.25) is 0 Å². The summed E-state index contributed by atoms with van der Waals surface area (Å²) in [5.41, 5.74) is 3.16. The summed E-state index contributed by atoms with van der Waals surface area (Å²) in [6.07, 6.45) is 0.807. The molecule has 114 valence electrons. The maximum absolute atomic E-state index is 11.9. The Morgan fingerprint density at radius 3 is 2.82 bits per heavy atom. The maximum Gasteiger partial charge on any atom is 0.319 e. The minimum absolute atomic E-state index is 0.224. The number of ether oxygens (including phenoxy) is 2. The first-order chi connectivity index (χ1) is 10.7. The van der Waals surface area contributed by atoms with E-state index in [1.54, 1.807) is 18.2 Å². The molecule has 0 fully saturated rings. The van der Waals surface area contributed by atoms with E-state index in [9.17, 15) is 4.79 Å². The fourth-order valence-electron chi connectivity index (χ4n) is 2.35. The van der Waals surface area contributed by atoms with Crippen LogP contribution in [-0.4, -0.2) is 19.4 Å². The molecular weight excluding hydrogens is 280 g/mol. The van der Waals surface area contributed by atoms with Gasteiger partial charge in [0.05, 0.1) is 0 Å². The summed E-state index contributed by atoms with van der Waals surface area (Å²) >= 11 is 0. The van der Waals surface area contributed by atoms with Crippen LogP contribution in [0, 0.1) is 6.92 Å². The molecule has 2 amide bonds. The van der Waals surface area contributed by atoms with Crippen LogP contribution in [0.5, 0.6) is 11.5 Å². The van der Waals surface area contributed by atoms with Gasteiger partial charge in [0.15, 0.2) is 11.5 Å². The Labute approximate surface area is 129 Å². The summed E-state index contributed by atoms with van der Waals surface area (Å²) in [5, 5.41) is 5.64. The molecule has 22 heavy (non-hydrogen) atoms. The van der Waals surface area contributed by atoms with Crippen molar-refractivity contribution in [3.8, 4) is 11.5 Å². The minimum Gasteiger partial charge on any atom is -0.454 e. The minimum atomic E-state index is -0.229. The van der Waals surface area contributed by atoms with Crippen molar-refractivity contribution >= 4 is 11.7 Å². The van der Waals surface area contributed by atoms with Crippen molar-refractivity contribution < 1.29 is 14.3 Å². The molecule has 2 aromatic rings. The number of benzene rings is 2. The summed E-state index contributed by atoms with van der Waals surface area (Å²) in [5.74, 6) is 1.35. The summed E-state index contributed by atoms with van der Waals surface area (Å²) in [6, 6.07) is 13.3. The highest BCUT2D eigenvalue weighted by molar-refractivity contribution is 5.89. The van der Waals surface area contributed by atoms with Crippen LogP contribution in [0.4, 0.5) is 10.5 Å². The molecule has 3 rings (SSSR count). The summed E-state index contributed by atoms with van der Waals surface area (Å²) in [4.78, 5) is 11.9. The van der Waals surface area contributed by atoms with Crippen molar-refractivity contribution in [3.63, 3.8) is 0 Å². The molecule has 0 saturated carbocycles. The Balaban J connectivity index is 1.49. The van der Waals surface area contributed by atoms with E-state index < -0.39 is 0 Å². The molecule has 1 aliphatic heterocycles. The third-order valence-corrected chi connectivity index (χ3v) is 3.57. The molecule has 0 aliphatic carbocycles. The molecule has 0 unspecified atom stereocenters. The van der Waals surface area contributed by atoms with Gasteiger partial charge < -0.3 is 20.1 Å². The lowest BCUT2D eigenvalue weighted by atomic mass is 10.1. The van der Waals surface area contributed by atoms with Crippen LogP contribution in [-0.2, 0) is 6.42 Å². The van der Waals surface area contributed by atoms with Crippen molar-refractivity contribution in [2.45, 2.75) is 13.3 Å². The molecule has 5 nitrogen and oxygen atoms in total. The van der Waals surface area contributed by atoms with E-state index >= 15 is 0 Å². The van der Waals surface area contributed by atoms with Gasteiger partial charge in [-0.2, -0.15) is 0 Å². The quantitative estimate of drug-likeness (QED) is 0.912. The molecule has 5 heteroatoms. The number of nitrogens with one attached hydrogen (secondary N) is 2. The lowest BCUT2D eigenvalue weighted by molar-refractivity contribution is 0.174. The topological polar surface area (TPSA) is 59.6 Å². The predicted molar refractivity (Wildman–Crippen MR) is 84.5 cm³/mol. The zero-order valence-electron chi connectivity index (χ0n) is 12.4. The first-order valence-electron chi connectivity index (χ1n) is 7.21. The second kappa shape index (κ2) is 6.39. The molecule has 2 aromatic carbocycles. The predicted octanol–water partition coefficient (Wildman–Crippen LogP) is 3.09. The summed E-state index contributed by atoms with van der Waals surface area (Å²) in [7, 11) is 0. The normalized spacial score (nSPS) is 12.0. The van der Waals surface area contributed by atoms with Gasteiger partial charge in [-0.15, -0.1) is 0 Å². The van der Waals surface area contributed by atoms with Gasteiger partial charge in [0.1, 0.15) is 0 Å². The van der Waals surface area contributed by atoms with Gasteiger partial charge in [0, 0.05) is 18.3 Å². The Morgan fingerprint density at radius 2 is 1.95 bits per heavy atom. The monoisotopic (exact) mass is 298 g/mol. The number of amides is 2. The second-order valence-electron chi connectivity index (χ2n) is 5.13. The van der Waals surface area contributed by atoms with Gasteiger partial charge in [0.25, 0.3) is 0 Å². The Kier molecular flexibility index (Phi) is 4.14. The Bertz CT molecular complexity index is 685. The van der Waals surface area contributed by atoms with E-state index in [4.69, 9.17) is 9.47 Å². The zero-order valence-corrected chi connectivity index (χ0v) is 12.4. The molecule has 0 atom stereocenters. The number of carbonyl (C=O) groups is 1. The average molecular weight is 298 g/mol. The summed E-state index contributed by atoms with van der Waals surface area (Å²) < 4.78 is 10.5. The highest BCUT2D eigenvalue weighted by Crippen LogP contribution is 2.34. The average Bonchev–Trinajstić information content (AvgIpc) is 2.97. The van der Waals surface area contributed by atoms with E-state index in [2.05, 4.69) is 29.7 Å². The fourth-order valence-corrected chi connectivity index (χ4v) is 2.35. The zero-order chi connectivity index (χ0) is 15.4. The molecule has 0 bridgehead atoms. The van der Waals surface area contributed by atoms with Crippen LogP contribution in [0.3, 0.4) is 0 Å². The SMILES string of the molecule is Cc1ccccc1CCNC(=O)Nc1ccc2c(c1)OCO2. The van der Waals surface area contributed by atoms with Crippen LogP contribution >= 0.6 is 0 Å². The highest BCUT2D eigenvalue weighted by Gasteiger charge is 2.13. The van der Waals surface area contributed by atoms with Crippen LogP contribution in [0.25, 0.3) is 0 Å². The Hall–Kier alpha value is -2.69. The van der Waals surface area contributed by atoms with Gasteiger partial charge in [-0.1, -0.05) is 24.3 Å². The van der Waals surface area contributed by atoms with Gasteiger partial charge in [-0.3, -0.25) is 0 Å². The summed E-state index contributed by atoms with van der Waals surface area (Å²) in [6.45, 7) is 2.88. The van der Waals surface area contributed by atoms with Crippen LogP contribution in [0.1, 0.15) is 11.1 Å². The first-order valence-corrected chi connectivity index (χ1v) is 7.21. The molecule has 1 heterocycles. The first kappa shape index (κ1) is 14.3. The number of anilines is 1. The van der Waals surface area contributed by atoms with Crippen LogP contribution < -0.4 is 20.1 Å². The molecule has 0 saturated heterocycles. The fraction of sp³-hybridized carbons (Fsp3) is 0.235. The highest BCUT2D eigenvalue weighted by atomic mass is 16.7. The number of rotatable bonds is 4. The van der Waals surface area contributed by atoms with Crippen molar-refractivity contribution in [2.24, 2.45) is 0 Å². The third-order valence-electron chi connectivity index (χ3n) is 3.57. The standard InChI is InChI=1S/C17H18N2O3/c1-12-4-2-3-5-13(12)8-9-18-17(20)19-14-6-7-15-16(10-14)22-11-21-15/h2-7,10H,8-9,11H2,1H3,(H2,18,19,20). The third kappa shape index (κ3) is 3.31. The van der Waals surface area contributed by atoms with Gasteiger partial charge in [0.2, 0.25) is 6.79 Å². The van der Waals surface area contributed by atoms with Crippen molar-refractivity contribution in [1.29, 1.82) is 0 Å². The van der Waals surface area contributed by atoms with Crippen LogP contribution in [0.15, 0.2) is 42.5 Å². The molecule has 0 radical (unpaired) electrons. The van der Waals surface area contributed by atoms with Crippen molar-refractivity contribution in [3.05, 3.63) is 53.6 Å². The lowest BCUT2D eigenvalue weighted by Gasteiger charge is -2.09.